The molecule has 1 unspecified atom stereocenters. The molecular formula is C22H23N5O. The van der Waals surface area contributed by atoms with Crippen LogP contribution in [0.15, 0.2) is 65.9 Å². The molecular weight excluding hydrogens is 350 g/mol. The first kappa shape index (κ1) is 18.1. The summed E-state index contributed by atoms with van der Waals surface area (Å²) in [6, 6.07) is 17.3. The van der Waals surface area contributed by atoms with E-state index in [0.717, 1.165) is 11.3 Å². The zero-order valence-electron chi connectivity index (χ0n) is 16.5. The minimum absolute atomic E-state index is 0.0309. The van der Waals surface area contributed by atoms with Crippen LogP contribution >= 0.6 is 0 Å². The van der Waals surface area contributed by atoms with E-state index in [1.165, 1.54) is 5.56 Å². The van der Waals surface area contributed by atoms with Crippen LogP contribution in [0.3, 0.4) is 0 Å². The van der Waals surface area contributed by atoms with E-state index in [-0.39, 0.29) is 17.2 Å². The van der Waals surface area contributed by atoms with E-state index >= 15 is 0 Å². The third-order valence-electron chi connectivity index (χ3n) is 5.09. The highest BCUT2D eigenvalue weighted by Gasteiger charge is 2.34. The number of carbonyl (C=O) groups excluding carboxylic acids is 1. The van der Waals surface area contributed by atoms with Gasteiger partial charge in [-0.15, -0.1) is 0 Å². The van der Waals surface area contributed by atoms with Gasteiger partial charge in [0.1, 0.15) is 6.04 Å². The second-order valence-corrected chi connectivity index (χ2v) is 8.08. The van der Waals surface area contributed by atoms with Crippen LogP contribution in [0.2, 0.25) is 0 Å². The predicted octanol–water partition coefficient (Wildman–Crippen LogP) is 4.14. The third-order valence-corrected chi connectivity index (χ3v) is 5.09. The molecule has 6 heteroatoms. The molecule has 1 atom stereocenters. The Morgan fingerprint density at radius 1 is 1.04 bits per heavy atom. The first-order chi connectivity index (χ1) is 13.4. The van der Waals surface area contributed by atoms with Crippen molar-refractivity contribution in [3.8, 4) is 0 Å². The molecule has 1 aliphatic heterocycles. The normalized spacial score (nSPS) is 16.5. The number of carbonyl (C=O) groups is 1. The van der Waals surface area contributed by atoms with Crippen molar-refractivity contribution >= 4 is 11.7 Å². The van der Waals surface area contributed by atoms with Gasteiger partial charge in [-0.25, -0.2) is 0 Å². The van der Waals surface area contributed by atoms with E-state index in [2.05, 4.69) is 65.9 Å². The number of anilines is 1. The summed E-state index contributed by atoms with van der Waals surface area (Å²) in [6.07, 6.45) is 0. The molecule has 0 fully saturated rings. The minimum Gasteiger partial charge on any atom is -0.326 e. The van der Waals surface area contributed by atoms with Gasteiger partial charge in [-0.3, -0.25) is 4.79 Å². The van der Waals surface area contributed by atoms with Gasteiger partial charge in [0.05, 0.1) is 0 Å². The Labute approximate surface area is 164 Å². The third kappa shape index (κ3) is 3.11. The first-order valence-corrected chi connectivity index (χ1v) is 9.32. The molecule has 3 aromatic rings. The van der Waals surface area contributed by atoms with Crippen LogP contribution in [-0.2, 0) is 5.41 Å². The fraction of sp³-hybridized carbons (Fsp3) is 0.273. The molecule has 0 spiro atoms. The molecule has 1 aliphatic rings. The molecule has 1 aromatic heterocycles. The van der Waals surface area contributed by atoms with Crippen molar-refractivity contribution in [2.24, 2.45) is 0 Å². The fourth-order valence-corrected chi connectivity index (χ4v) is 3.53. The van der Waals surface area contributed by atoms with E-state index in [0.29, 0.717) is 17.1 Å². The van der Waals surface area contributed by atoms with Gasteiger partial charge in [-0.1, -0.05) is 80.5 Å². The number of fused-ring (bicyclic) bond motifs is 1. The predicted molar refractivity (Wildman–Crippen MR) is 108 cm³/mol. The smallest absolute Gasteiger partial charge is 0.248 e. The van der Waals surface area contributed by atoms with Gasteiger partial charge in [-0.2, -0.15) is 4.68 Å². The van der Waals surface area contributed by atoms with Crippen LogP contribution in [0, 0.1) is 0 Å². The van der Waals surface area contributed by atoms with E-state index in [9.17, 15) is 4.79 Å². The van der Waals surface area contributed by atoms with E-state index in [4.69, 9.17) is 0 Å². The molecule has 0 bridgehead atoms. The zero-order valence-corrected chi connectivity index (χ0v) is 16.5. The van der Waals surface area contributed by atoms with Gasteiger partial charge in [0, 0.05) is 16.8 Å². The van der Waals surface area contributed by atoms with E-state index in [1.54, 1.807) is 4.68 Å². The van der Waals surface area contributed by atoms with Crippen LogP contribution < -0.4 is 5.32 Å². The number of Topliss-reactive ketones (excluding diaryl/α,β-unsaturated/α-hetero) is 1. The van der Waals surface area contributed by atoms with E-state index in [1.807, 2.05) is 37.3 Å². The Hall–Kier alpha value is -3.28. The molecule has 0 amide bonds. The Morgan fingerprint density at radius 3 is 2.36 bits per heavy atom. The summed E-state index contributed by atoms with van der Waals surface area (Å²) >= 11 is 0. The number of benzene rings is 2. The summed E-state index contributed by atoms with van der Waals surface area (Å²) < 4.78 is 1.68. The summed E-state index contributed by atoms with van der Waals surface area (Å²) in [5.41, 5.74) is 4.32. The summed E-state index contributed by atoms with van der Waals surface area (Å²) in [7, 11) is 0. The van der Waals surface area contributed by atoms with Crippen molar-refractivity contribution < 1.29 is 4.79 Å². The Morgan fingerprint density at radius 2 is 1.71 bits per heavy atom. The largest absolute Gasteiger partial charge is 0.326 e. The molecule has 28 heavy (non-hydrogen) atoms. The van der Waals surface area contributed by atoms with Crippen LogP contribution in [0.25, 0.3) is 0 Å². The molecule has 4 rings (SSSR count). The van der Waals surface area contributed by atoms with Crippen molar-refractivity contribution in [3.05, 3.63) is 82.6 Å². The Balaban J connectivity index is 1.83. The molecule has 1 N–H and O–H groups in total. The number of nitrogens with one attached hydrogen (secondary N) is 1. The van der Waals surface area contributed by atoms with Crippen LogP contribution in [-0.4, -0.2) is 26.0 Å². The van der Waals surface area contributed by atoms with Crippen molar-refractivity contribution in [3.63, 3.8) is 0 Å². The number of aromatic nitrogens is 4. The maximum atomic E-state index is 13.4. The fourth-order valence-electron chi connectivity index (χ4n) is 3.53. The average molecular weight is 373 g/mol. The maximum absolute atomic E-state index is 13.4. The number of nitrogens with zero attached hydrogens (tertiary/aromatic N) is 4. The number of hydrogen-bond acceptors (Lipinski definition) is 5. The second-order valence-electron chi connectivity index (χ2n) is 8.08. The van der Waals surface area contributed by atoms with Gasteiger partial charge < -0.3 is 5.32 Å². The monoisotopic (exact) mass is 373 g/mol. The van der Waals surface area contributed by atoms with Crippen molar-refractivity contribution in [1.29, 1.82) is 0 Å². The summed E-state index contributed by atoms with van der Waals surface area (Å²) in [6.45, 7) is 8.44. The maximum Gasteiger partial charge on any atom is 0.248 e. The second kappa shape index (κ2) is 6.71. The molecule has 2 heterocycles. The highest BCUT2D eigenvalue weighted by Crippen LogP contribution is 2.36. The molecule has 0 radical (unpaired) electrons. The van der Waals surface area contributed by atoms with Crippen molar-refractivity contribution in [2.75, 3.05) is 5.32 Å². The highest BCUT2D eigenvalue weighted by molar-refractivity contribution is 6.10. The highest BCUT2D eigenvalue weighted by atomic mass is 16.1. The summed E-state index contributed by atoms with van der Waals surface area (Å²) in [5, 5.41) is 15.2. The van der Waals surface area contributed by atoms with Gasteiger partial charge in [0.2, 0.25) is 5.95 Å². The van der Waals surface area contributed by atoms with Gasteiger partial charge in [0.25, 0.3) is 0 Å². The average Bonchev–Trinajstić information content (AvgIpc) is 3.14. The number of hydrogen-bond donors (Lipinski definition) is 1. The van der Waals surface area contributed by atoms with E-state index < -0.39 is 0 Å². The number of allylic oxidation sites excluding steroid dienone is 2. The molecule has 142 valence electrons. The zero-order chi connectivity index (χ0) is 19.9. The molecule has 6 nitrogen and oxygen atoms in total. The molecule has 0 saturated carbocycles. The van der Waals surface area contributed by atoms with Crippen molar-refractivity contribution in [1.82, 2.24) is 20.2 Å². The van der Waals surface area contributed by atoms with Gasteiger partial charge in [-0.05, 0) is 33.9 Å². The van der Waals surface area contributed by atoms with Crippen LogP contribution in [0.5, 0.6) is 0 Å². The lowest BCUT2D eigenvalue weighted by atomic mass is 9.84. The number of tetrazole rings is 1. The molecule has 0 aliphatic carbocycles. The van der Waals surface area contributed by atoms with Gasteiger partial charge in [0.15, 0.2) is 5.78 Å². The van der Waals surface area contributed by atoms with Gasteiger partial charge >= 0.3 is 0 Å². The van der Waals surface area contributed by atoms with Crippen LogP contribution in [0.4, 0.5) is 5.95 Å². The first-order valence-electron chi connectivity index (χ1n) is 9.32. The number of ketones is 1. The Kier molecular flexibility index (Phi) is 4.34. The minimum atomic E-state index is -0.382. The van der Waals surface area contributed by atoms with Crippen molar-refractivity contribution in [2.45, 2.75) is 39.2 Å². The lowest BCUT2D eigenvalue weighted by Gasteiger charge is -2.28. The summed E-state index contributed by atoms with van der Waals surface area (Å²) in [5.74, 6) is 0.503. The topological polar surface area (TPSA) is 72.7 Å². The SMILES string of the molecule is CC1=C(C(=O)c2ccccc2)C(c2ccc(C(C)(C)C)cc2)n2nnnc2N1. The summed E-state index contributed by atoms with van der Waals surface area (Å²) in [4.78, 5) is 13.4. The Bertz CT molecular complexity index is 1040. The molecule has 2 aromatic carbocycles. The molecule has 0 saturated heterocycles. The quantitative estimate of drug-likeness (QED) is 0.699. The lowest BCUT2D eigenvalue weighted by molar-refractivity contribution is 0.102. The van der Waals surface area contributed by atoms with Crippen LogP contribution in [0.1, 0.15) is 55.2 Å². The standard InChI is InChI=1S/C22H23N5O/c1-14-18(20(28)16-8-6-5-7-9-16)19(27-21(23-14)24-25-26-27)15-10-12-17(13-11-15)22(2,3)4/h5-13,19H,1-4H3,(H,23,24,26). The number of rotatable bonds is 3. The lowest BCUT2D eigenvalue weighted by Crippen LogP contribution is -2.29.